The highest BCUT2D eigenvalue weighted by molar-refractivity contribution is 6.39. The van der Waals surface area contributed by atoms with Gasteiger partial charge in [0, 0.05) is 37.6 Å². The third-order valence-electron chi connectivity index (χ3n) is 5.66. The molecule has 0 saturated carbocycles. The molecule has 2 amide bonds. The van der Waals surface area contributed by atoms with Gasteiger partial charge < -0.3 is 15.1 Å². The second-order valence-electron chi connectivity index (χ2n) is 8.75. The topological polar surface area (TPSA) is 52.7 Å². The lowest BCUT2D eigenvalue weighted by atomic mass is 9.86. The molecule has 0 aromatic heterocycles. The first-order chi connectivity index (χ1) is 13.7. The highest BCUT2D eigenvalue weighted by Crippen LogP contribution is 2.29. The van der Waals surface area contributed by atoms with E-state index < -0.39 is 11.8 Å². The van der Waals surface area contributed by atoms with Gasteiger partial charge in [0.2, 0.25) is 0 Å². The van der Waals surface area contributed by atoms with Gasteiger partial charge in [-0.3, -0.25) is 9.59 Å². The van der Waals surface area contributed by atoms with Crippen LogP contribution in [0.15, 0.2) is 42.5 Å². The average Bonchev–Trinajstić information content (AvgIpc) is 2.69. The lowest BCUT2D eigenvalue weighted by Crippen LogP contribution is -2.51. The number of amides is 2. The summed E-state index contributed by atoms with van der Waals surface area (Å²) in [7, 11) is 0. The number of benzene rings is 2. The number of carbonyl (C=O) groups excluding carboxylic acids is 2. The molecule has 1 aliphatic heterocycles. The molecule has 0 atom stereocenters. The van der Waals surface area contributed by atoms with Crippen LogP contribution >= 0.6 is 0 Å². The van der Waals surface area contributed by atoms with E-state index >= 15 is 0 Å². The third-order valence-corrected chi connectivity index (χ3v) is 5.66. The molecule has 0 spiro atoms. The largest absolute Gasteiger partial charge is 0.368 e. The van der Waals surface area contributed by atoms with Crippen LogP contribution in [0.2, 0.25) is 0 Å². The molecule has 1 N–H and O–H groups in total. The van der Waals surface area contributed by atoms with Crippen molar-refractivity contribution in [2.45, 2.75) is 40.0 Å². The van der Waals surface area contributed by atoms with Crippen LogP contribution < -0.4 is 10.2 Å². The van der Waals surface area contributed by atoms with Gasteiger partial charge in [-0.1, -0.05) is 51.1 Å². The van der Waals surface area contributed by atoms with Crippen LogP contribution in [0.5, 0.6) is 0 Å². The zero-order chi connectivity index (χ0) is 21.2. The summed E-state index contributed by atoms with van der Waals surface area (Å²) in [4.78, 5) is 29.3. The minimum absolute atomic E-state index is 0.121. The monoisotopic (exact) mass is 393 g/mol. The lowest BCUT2D eigenvalue weighted by Gasteiger charge is -2.36. The Morgan fingerprint density at radius 1 is 0.897 bits per heavy atom. The van der Waals surface area contributed by atoms with Gasteiger partial charge in [-0.2, -0.15) is 0 Å². The maximum Gasteiger partial charge on any atom is 0.313 e. The van der Waals surface area contributed by atoms with Crippen LogP contribution in [0.4, 0.5) is 11.4 Å². The van der Waals surface area contributed by atoms with Gasteiger partial charge in [-0.25, -0.2) is 0 Å². The number of para-hydroxylation sites is 1. The van der Waals surface area contributed by atoms with Crippen molar-refractivity contribution in [1.82, 2.24) is 4.90 Å². The van der Waals surface area contributed by atoms with Crippen LogP contribution in [-0.2, 0) is 15.0 Å². The van der Waals surface area contributed by atoms with Crippen LogP contribution in [0.25, 0.3) is 0 Å². The van der Waals surface area contributed by atoms with E-state index in [1.165, 1.54) is 16.8 Å². The van der Waals surface area contributed by atoms with E-state index in [0.717, 1.165) is 18.7 Å². The molecule has 5 heteroatoms. The highest BCUT2D eigenvalue weighted by Gasteiger charge is 2.28. The van der Waals surface area contributed by atoms with Crippen molar-refractivity contribution in [1.29, 1.82) is 0 Å². The molecule has 1 fully saturated rings. The molecule has 2 aromatic carbocycles. The zero-order valence-corrected chi connectivity index (χ0v) is 18.1. The van der Waals surface area contributed by atoms with Crippen molar-refractivity contribution in [3.8, 4) is 0 Å². The number of hydrogen-bond donors (Lipinski definition) is 1. The Kier molecular flexibility index (Phi) is 5.96. The molecule has 1 saturated heterocycles. The fourth-order valence-corrected chi connectivity index (χ4v) is 3.79. The van der Waals surface area contributed by atoms with Crippen molar-refractivity contribution < 1.29 is 9.59 Å². The number of anilines is 2. The van der Waals surface area contributed by atoms with Crippen LogP contribution in [0.1, 0.15) is 37.5 Å². The Balaban J connectivity index is 1.64. The van der Waals surface area contributed by atoms with Gasteiger partial charge in [0.15, 0.2) is 0 Å². The molecule has 154 valence electrons. The summed E-state index contributed by atoms with van der Waals surface area (Å²) in [5.41, 5.74) is 5.33. The van der Waals surface area contributed by atoms with Gasteiger partial charge in [0.25, 0.3) is 0 Å². The number of aryl methyl sites for hydroxylation is 1. The lowest BCUT2D eigenvalue weighted by molar-refractivity contribution is -0.143. The van der Waals surface area contributed by atoms with E-state index in [2.05, 4.69) is 63.0 Å². The number of rotatable bonds is 2. The predicted octanol–water partition coefficient (Wildman–Crippen LogP) is 3.89. The average molecular weight is 394 g/mol. The summed E-state index contributed by atoms with van der Waals surface area (Å²) in [6, 6.07) is 14.0. The van der Waals surface area contributed by atoms with Gasteiger partial charge in [0.1, 0.15) is 0 Å². The van der Waals surface area contributed by atoms with E-state index in [1.54, 1.807) is 4.90 Å². The zero-order valence-electron chi connectivity index (χ0n) is 18.1. The van der Waals surface area contributed by atoms with E-state index in [9.17, 15) is 9.59 Å². The first kappa shape index (κ1) is 20.9. The van der Waals surface area contributed by atoms with Crippen molar-refractivity contribution >= 4 is 23.2 Å². The summed E-state index contributed by atoms with van der Waals surface area (Å²) in [6.07, 6.45) is 0. The van der Waals surface area contributed by atoms with Crippen molar-refractivity contribution in [2.24, 2.45) is 0 Å². The SMILES string of the molecule is Cc1cccc(N2CCN(C(=O)C(=O)Nc3ccccc3C(C)(C)C)CC2)c1C. The normalized spacial score (nSPS) is 14.7. The second-order valence-corrected chi connectivity index (χ2v) is 8.75. The van der Waals surface area contributed by atoms with Crippen molar-refractivity contribution in [3.63, 3.8) is 0 Å². The summed E-state index contributed by atoms with van der Waals surface area (Å²) in [5.74, 6) is -1.03. The summed E-state index contributed by atoms with van der Waals surface area (Å²) in [6.45, 7) is 13.0. The van der Waals surface area contributed by atoms with E-state index in [0.29, 0.717) is 18.8 Å². The van der Waals surface area contributed by atoms with Gasteiger partial charge in [0.05, 0.1) is 0 Å². The molecule has 5 nitrogen and oxygen atoms in total. The molecule has 0 aliphatic carbocycles. The third kappa shape index (κ3) is 4.61. The van der Waals surface area contributed by atoms with E-state index in [-0.39, 0.29) is 5.41 Å². The molecular weight excluding hydrogens is 362 g/mol. The quantitative estimate of drug-likeness (QED) is 0.788. The molecule has 1 heterocycles. The van der Waals surface area contributed by atoms with Crippen molar-refractivity contribution in [2.75, 3.05) is 36.4 Å². The molecule has 0 bridgehead atoms. The van der Waals surface area contributed by atoms with Gasteiger partial charge in [-0.05, 0) is 48.1 Å². The Morgan fingerprint density at radius 3 is 2.21 bits per heavy atom. The fraction of sp³-hybridized carbons (Fsp3) is 0.417. The Hall–Kier alpha value is -2.82. The minimum atomic E-state index is -0.568. The molecule has 0 radical (unpaired) electrons. The summed E-state index contributed by atoms with van der Waals surface area (Å²) in [5, 5.41) is 2.83. The smallest absolute Gasteiger partial charge is 0.313 e. The second kappa shape index (κ2) is 8.27. The van der Waals surface area contributed by atoms with E-state index in [1.807, 2.05) is 24.3 Å². The number of nitrogens with zero attached hydrogens (tertiary/aromatic N) is 2. The standard InChI is InChI=1S/C24H31N3O2/c1-17-9-8-12-21(18(17)2)26-13-15-27(16-14-26)23(29)22(28)25-20-11-7-6-10-19(20)24(3,4)5/h6-12H,13-16H2,1-5H3,(H,25,28). The number of piperazine rings is 1. The Morgan fingerprint density at radius 2 is 1.55 bits per heavy atom. The van der Waals surface area contributed by atoms with Crippen molar-refractivity contribution in [3.05, 3.63) is 59.2 Å². The maximum absolute atomic E-state index is 12.7. The Bertz CT molecular complexity index is 907. The molecule has 1 aliphatic rings. The van der Waals surface area contributed by atoms with Gasteiger partial charge in [-0.15, -0.1) is 0 Å². The fourth-order valence-electron chi connectivity index (χ4n) is 3.79. The first-order valence-corrected chi connectivity index (χ1v) is 10.2. The van der Waals surface area contributed by atoms with Crippen LogP contribution in [0.3, 0.4) is 0 Å². The van der Waals surface area contributed by atoms with Gasteiger partial charge >= 0.3 is 11.8 Å². The highest BCUT2D eigenvalue weighted by atomic mass is 16.2. The first-order valence-electron chi connectivity index (χ1n) is 10.2. The molecule has 0 unspecified atom stereocenters. The number of nitrogens with one attached hydrogen (secondary N) is 1. The predicted molar refractivity (Wildman–Crippen MR) is 118 cm³/mol. The van der Waals surface area contributed by atoms with Crippen LogP contribution in [0, 0.1) is 13.8 Å². The molecule has 3 rings (SSSR count). The number of carbonyl (C=O) groups is 2. The number of hydrogen-bond acceptors (Lipinski definition) is 3. The molecule has 29 heavy (non-hydrogen) atoms. The summed E-state index contributed by atoms with van der Waals surface area (Å²) >= 11 is 0. The molecular formula is C24H31N3O2. The van der Waals surface area contributed by atoms with Crippen LogP contribution in [-0.4, -0.2) is 42.9 Å². The van der Waals surface area contributed by atoms with E-state index in [4.69, 9.17) is 0 Å². The summed E-state index contributed by atoms with van der Waals surface area (Å²) < 4.78 is 0. The minimum Gasteiger partial charge on any atom is -0.368 e. The Labute approximate surface area is 173 Å². The maximum atomic E-state index is 12.7. The molecule has 2 aromatic rings.